The van der Waals surface area contributed by atoms with E-state index in [9.17, 15) is 31.9 Å². The number of halogens is 5. The largest absolute Gasteiger partial charge is 0.479 e. The van der Waals surface area contributed by atoms with Crippen LogP contribution in [0.25, 0.3) is 5.82 Å². The summed E-state index contributed by atoms with van der Waals surface area (Å²) in [5, 5.41) is 8.35. The monoisotopic (exact) mass is 489 g/mol. The highest BCUT2D eigenvalue weighted by Crippen LogP contribution is 2.35. The Kier molecular flexibility index (Phi) is 6.44. The van der Waals surface area contributed by atoms with E-state index in [0.717, 1.165) is 7.05 Å². The standard InChI is InChI=1S/C19H12ClF4N3O6/c1-26-13(19(22,23)24)7-14(28)27(18(26)31)16-10(21)6-9(20)17(25-16)33-12-5-3-2-4-11(12)32-8-15(29)30/h2-7H,8H2,1H3,(H,29,30). The minimum absolute atomic E-state index is 0.0498. The zero-order chi connectivity index (χ0) is 24.5. The van der Waals surface area contributed by atoms with E-state index in [4.69, 9.17) is 26.2 Å². The minimum Gasteiger partial charge on any atom is -0.479 e. The van der Waals surface area contributed by atoms with Gasteiger partial charge in [0.1, 0.15) is 10.7 Å². The second kappa shape index (κ2) is 8.94. The van der Waals surface area contributed by atoms with Crippen molar-refractivity contribution in [2.45, 2.75) is 6.18 Å². The normalized spacial score (nSPS) is 11.3. The molecular weight excluding hydrogens is 478 g/mol. The Bertz CT molecular complexity index is 1350. The molecule has 0 saturated carbocycles. The van der Waals surface area contributed by atoms with Gasteiger partial charge < -0.3 is 14.6 Å². The van der Waals surface area contributed by atoms with Crippen LogP contribution in [0.2, 0.25) is 5.02 Å². The summed E-state index contributed by atoms with van der Waals surface area (Å²) in [4.78, 5) is 39.1. The number of carboxylic acids is 1. The van der Waals surface area contributed by atoms with E-state index >= 15 is 0 Å². The van der Waals surface area contributed by atoms with E-state index in [2.05, 4.69) is 4.98 Å². The van der Waals surface area contributed by atoms with Gasteiger partial charge in [-0.1, -0.05) is 23.7 Å². The van der Waals surface area contributed by atoms with Crippen LogP contribution in [0.15, 0.2) is 46.0 Å². The van der Waals surface area contributed by atoms with Crippen molar-refractivity contribution in [3.05, 3.63) is 73.8 Å². The number of pyridine rings is 1. The molecule has 0 aliphatic carbocycles. The highest BCUT2D eigenvalue weighted by atomic mass is 35.5. The predicted octanol–water partition coefficient (Wildman–Crippen LogP) is 3.00. The van der Waals surface area contributed by atoms with Crippen LogP contribution >= 0.6 is 11.6 Å². The first-order valence-electron chi connectivity index (χ1n) is 8.78. The Morgan fingerprint density at radius 1 is 1.18 bits per heavy atom. The van der Waals surface area contributed by atoms with Crippen molar-refractivity contribution in [1.29, 1.82) is 0 Å². The lowest BCUT2D eigenvalue weighted by Gasteiger charge is -2.15. The van der Waals surface area contributed by atoms with Gasteiger partial charge in [-0.2, -0.15) is 18.2 Å². The number of hydrogen-bond acceptors (Lipinski definition) is 6. The highest BCUT2D eigenvalue weighted by Gasteiger charge is 2.35. The number of para-hydroxylation sites is 2. The molecule has 0 spiro atoms. The van der Waals surface area contributed by atoms with Crippen LogP contribution in [-0.2, 0) is 18.0 Å². The van der Waals surface area contributed by atoms with Crippen molar-refractivity contribution in [2.75, 3.05) is 6.61 Å². The zero-order valence-corrected chi connectivity index (χ0v) is 17.1. The van der Waals surface area contributed by atoms with Gasteiger partial charge in [0, 0.05) is 19.2 Å². The van der Waals surface area contributed by atoms with Gasteiger partial charge >= 0.3 is 17.8 Å². The fourth-order valence-electron chi connectivity index (χ4n) is 2.66. The molecule has 1 N–H and O–H groups in total. The summed E-state index contributed by atoms with van der Waals surface area (Å²) < 4.78 is 64.4. The van der Waals surface area contributed by atoms with Gasteiger partial charge in [0.2, 0.25) is 5.88 Å². The Morgan fingerprint density at radius 2 is 1.82 bits per heavy atom. The predicted molar refractivity (Wildman–Crippen MR) is 105 cm³/mol. The van der Waals surface area contributed by atoms with E-state index in [1.165, 1.54) is 24.3 Å². The van der Waals surface area contributed by atoms with Gasteiger partial charge in [0.25, 0.3) is 5.56 Å². The van der Waals surface area contributed by atoms with Crippen molar-refractivity contribution in [1.82, 2.24) is 14.1 Å². The van der Waals surface area contributed by atoms with Crippen LogP contribution in [-0.4, -0.2) is 31.8 Å². The molecule has 3 aromatic rings. The van der Waals surface area contributed by atoms with Crippen molar-refractivity contribution < 1.29 is 36.9 Å². The lowest BCUT2D eigenvalue weighted by atomic mass is 10.3. The molecule has 9 nitrogen and oxygen atoms in total. The molecule has 174 valence electrons. The first kappa shape index (κ1) is 23.8. The first-order chi connectivity index (χ1) is 15.4. The molecule has 14 heteroatoms. The quantitative estimate of drug-likeness (QED) is 0.530. The van der Waals surface area contributed by atoms with E-state index < -0.39 is 58.2 Å². The molecule has 0 aliphatic heterocycles. The summed E-state index contributed by atoms with van der Waals surface area (Å²) in [5.74, 6) is -4.21. The van der Waals surface area contributed by atoms with Gasteiger partial charge in [-0.3, -0.25) is 9.36 Å². The van der Waals surface area contributed by atoms with Crippen LogP contribution in [0.3, 0.4) is 0 Å². The number of aromatic nitrogens is 3. The molecule has 33 heavy (non-hydrogen) atoms. The maximum Gasteiger partial charge on any atom is 0.431 e. The molecule has 0 unspecified atom stereocenters. The minimum atomic E-state index is -5.01. The summed E-state index contributed by atoms with van der Waals surface area (Å²) >= 11 is 5.93. The molecule has 0 saturated heterocycles. The van der Waals surface area contributed by atoms with E-state index in [-0.39, 0.29) is 26.7 Å². The molecule has 0 atom stereocenters. The average molecular weight is 490 g/mol. The number of benzene rings is 1. The summed E-state index contributed by atoms with van der Waals surface area (Å²) in [6.07, 6.45) is -5.01. The molecule has 2 heterocycles. The fourth-order valence-corrected chi connectivity index (χ4v) is 2.84. The Labute approximate surface area is 186 Å². The summed E-state index contributed by atoms with van der Waals surface area (Å²) in [7, 11) is 0.752. The molecular formula is C19H12ClF4N3O6. The van der Waals surface area contributed by atoms with Gasteiger partial charge in [-0.05, 0) is 12.1 Å². The van der Waals surface area contributed by atoms with Crippen molar-refractivity contribution in [2.24, 2.45) is 7.05 Å². The molecule has 0 fully saturated rings. The lowest BCUT2D eigenvalue weighted by Crippen LogP contribution is -2.41. The van der Waals surface area contributed by atoms with Crippen LogP contribution in [0.1, 0.15) is 5.69 Å². The number of carbonyl (C=O) groups is 1. The summed E-state index contributed by atoms with van der Waals surface area (Å²) in [6, 6.07) is 6.43. The smallest absolute Gasteiger partial charge is 0.431 e. The van der Waals surface area contributed by atoms with Crippen molar-refractivity contribution >= 4 is 17.6 Å². The number of hydrogen-bond donors (Lipinski definition) is 1. The molecule has 0 bridgehead atoms. The topological polar surface area (TPSA) is 113 Å². The summed E-state index contributed by atoms with van der Waals surface area (Å²) in [5.41, 5.74) is -4.54. The van der Waals surface area contributed by atoms with E-state index in [0.29, 0.717) is 6.07 Å². The molecule has 1 aromatic carbocycles. The number of nitrogens with zero attached hydrogens (tertiary/aromatic N) is 3. The van der Waals surface area contributed by atoms with Crippen LogP contribution in [0.5, 0.6) is 17.4 Å². The van der Waals surface area contributed by atoms with Crippen LogP contribution in [0.4, 0.5) is 17.6 Å². The van der Waals surface area contributed by atoms with Gasteiger partial charge in [0.15, 0.2) is 29.7 Å². The van der Waals surface area contributed by atoms with Gasteiger partial charge in [-0.15, -0.1) is 0 Å². The molecule has 0 aliphatic rings. The molecule has 3 rings (SSSR count). The van der Waals surface area contributed by atoms with Gasteiger partial charge in [0.05, 0.1) is 0 Å². The highest BCUT2D eigenvalue weighted by molar-refractivity contribution is 6.31. The SMILES string of the molecule is Cn1c(C(F)(F)F)cc(=O)n(-c2nc(Oc3ccccc3OCC(=O)O)c(Cl)cc2F)c1=O. The number of alkyl halides is 3. The van der Waals surface area contributed by atoms with Crippen molar-refractivity contribution in [3.63, 3.8) is 0 Å². The van der Waals surface area contributed by atoms with Crippen molar-refractivity contribution in [3.8, 4) is 23.2 Å². The second-order valence-electron chi connectivity index (χ2n) is 6.35. The second-order valence-corrected chi connectivity index (χ2v) is 6.76. The Hall–Kier alpha value is -3.87. The third kappa shape index (κ3) is 4.98. The molecule has 0 radical (unpaired) electrons. The van der Waals surface area contributed by atoms with Crippen LogP contribution < -0.4 is 20.7 Å². The van der Waals surface area contributed by atoms with E-state index in [1.54, 1.807) is 0 Å². The third-order valence-electron chi connectivity index (χ3n) is 4.11. The lowest BCUT2D eigenvalue weighted by molar-refractivity contribution is -0.144. The van der Waals surface area contributed by atoms with Gasteiger partial charge in [-0.25, -0.2) is 18.5 Å². The Morgan fingerprint density at radius 3 is 2.42 bits per heavy atom. The first-order valence-corrected chi connectivity index (χ1v) is 9.16. The fraction of sp³-hybridized carbons (Fsp3) is 0.158. The third-order valence-corrected chi connectivity index (χ3v) is 4.38. The molecule has 2 aromatic heterocycles. The number of ether oxygens (including phenoxy) is 2. The average Bonchev–Trinajstić information content (AvgIpc) is 2.72. The van der Waals surface area contributed by atoms with Crippen LogP contribution in [0, 0.1) is 5.82 Å². The van der Waals surface area contributed by atoms with E-state index in [1.807, 2.05) is 0 Å². The zero-order valence-electron chi connectivity index (χ0n) is 16.4. The maximum absolute atomic E-state index is 14.5. The number of aliphatic carboxylic acids is 1. The maximum atomic E-state index is 14.5. The molecule has 0 amide bonds. The number of rotatable bonds is 6. The Balaban J connectivity index is 2.12. The summed E-state index contributed by atoms with van der Waals surface area (Å²) in [6.45, 7) is -0.715. The number of carboxylic acid groups (broad SMARTS) is 1.